The predicted molar refractivity (Wildman–Crippen MR) is 71.8 cm³/mol. The fourth-order valence-corrected chi connectivity index (χ4v) is 2.58. The van der Waals surface area contributed by atoms with E-state index in [1.165, 1.54) is 51.7 Å². The van der Waals surface area contributed by atoms with Crippen LogP contribution in [0.5, 0.6) is 0 Å². The van der Waals surface area contributed by atoms with E-state index in [-0.39, 0.29) is 0 Å². The number of nitrogens with one attached hydrogen (secondary N) is 1. The van der Waals surface area contributed by atoms with Gasteiger partial charge in [-0.25, -0.2) is 0 Å². The van der Waals surface area contributed by atoms with Gasteiger partial charge < -0.3 is 10.2 Å². The zero-order valence-electron chi connectivity index (χ0n) is 11.7. The molecule has 0 saturated carbocycles. The van der Waals surface area contributed by atoms with Crippen molar-refractivity contribution in [3.63, 3.8) is 0 Å². The van der Waals surface area contributed by atoms with E-state index in [1.54, 1.807) is 0 Å². The van der Waals surface area contributed by atoms with E-state index in [0.29, 0.717) is 11.5 Å². The maximum Gasteiger partial charge on any atom is 0.00991 e. The molecule has 0 bridgehead atoms. The zero-order valence-corrected chi connectivity index (χ0v) is 11.7. The van der Waals surface area contributed by atoms with Crippen LogP contribution < -0.4 is 5.32 Å². The Labute approximate surface area is 102 Å². The summed E-state index contributed by atoms with van der Waals surface area (Å²) < 4.78 is 0. The van der Waals surface area contributed by atoms with Gasteiger partial charge in [0.25, 0.3) is 0 Å². The third kappa shape index (κ3) is 4.42. The van der Waals surface area contributed by atoms with Gasteiger partial charge in [0.2, 0.25) is 0 Å². The molecule has 1 N–H and O–H groups in total. The normalized spacial score (nSPS) is 22.5. The molecular formula is C14H30N2. The zero-order chi connectivity index (χ0) is 12.0. The summed E-state index contributed by atoms with van der Waals surface area (Å²) >= 11 is 0. The van der Waals surface area contributed by atoms with Crippen molar-refractivity contribution in [1.82, 2.24) is 10.2 Å². The van der Waals surface area contributed by atoms with Crippen molar-refractivity contribution >= 4 is 0 Å². The van der Waals surface area contributed by atoms with Gasteiger partial charge in [-0.05, 0) is 45.3 Å². The molecule has 0 aromatic rings. The number of hydrogen-bond donors (Lipinski definition) is 1. The molecule has 16 heavy (non-hydrogen) atoms. The minimum absolute atomic E-state index is 0.369. The summed E-state index contributed by atoms with van der Waals surface area (Å²) in [6.07, 6.45) is 7.09. The second-order valence-electron chi connectivity index (χ2n) is 6.04. The van der Waals surface area contributed by atoms with E-state index < -0.39 is 0 Å². The Balaban J connectivity index is 2.43. The largest absolute Gasteiger partial charge is 0.317 e. The molecule has 2 nitrogen and oxygen atoms in total. The third-order valence-electron chi connectivity index (χ3n) is 4.19. The van der Waals surface area contributed by atoms with Crippen LogP contribution >= 0.6 is 0 Å². The van der Waals surface area contributed by atoms with Crippen LogP contribution in [0.25, 0.3) is 0 Å². The Bertz CT molecular complexity index is 181. The smallest absolute Gasteiger partial charge is 0.00991 e. The Morgan fingerprint density at radius 1 is 1.06 bits per heavy atom. The average molecular weight is 226 g/mol. The summed E-state index contributed by atoms with van der Waals surface area (Å²) in [7, 11) is 2.07. The number of hydrogen-bond acceptors (Lipinski definition) is 2. The van der Waals surface area contributed by atoms with E-state index in [2.05, 4.69) is 38.0 Å². The van der Waals surface area contributed by atoms with E-state index in [1.807, 2.05) is 0 Å². The van der Waals surface area contributed by atoms with Crippen molar-refractivity contribution < 1.29 is 0 Å². The first-order chi connectivity index (χ1) is 7.56. The fourth-order valence-electron chi connectivity index (χ4n) is 2.58. The molecule has 1 heterocycles. The lowest BCUT2D eigenvalue weighted by Crippen LogP contribution is -2.46. The van der Waals surface area contributed by atoms with Crippen LogP contribution in [0, 0.1) is 5.41 Å². The molecule has 1 saturated heterocycles. The molecular weight excluding hydrogens is 196 g/mol. The summed E-state index contributed by atoms with van der Waals surface area (Å²) in [6, 6.07) is 0.581. The highest BCUT2D eigenvalue weighted by Gasteiger charge is 2.27. The fraction of sp³-hybridized carbons (Fsp3) is 1.00. The average Bonchev–Trinajstić information content (AvgIpc) is 2.20. The minimum atomic E-state index is 0.369. The van der Waals surface area contributed by atoms with E-state index in [4.69, 9.17) is 0 Å². The molecule has 0 amide bonds. The van der Waals surface area contributed by atoms with E-state index in [0.717, 1.165) is 0 Å². The molecule has 1 rings (SSSR count). The first kappa shape index (κ1) is 14.0. The Morgan fingerprint density at radius 2 is 1.56 bits per heavy atom. The number of nitrogens with zero attached hydrogens (tertiary/aromatic N) is 1. The van der Waals surface area contributed by atoms with Gasteiger partial charge in [0, 0.05) is 12.6 Å². The third-order valence-corrected chi connectivity index (χ3v) is 4.19. The first-order valence-electron chi connectivity index (χ1n) is 6.96. The van der Waals surface area contributed by atoms with Crippen molar-refractivity contribution in [2.75, 3.05) is 26.7 Å². The van der Waals surface area contributed by atoms with Crippen molar-refractivity contribution in [1.29, 1.82) is 0 Å². The van der Waals surface area contributed by atoms with Crippen molar-refractivity contribution in [3.05, 3.63) is 0 Å². The molecule has 0 spiro atoms. The topological polar surface area (TPSA) is 15.3 Å². The monoisotopic (exact) mass is 226 g/mol. The second kappa shape index (κ2) is 6.61. The molecule has 0 aromatic carbocycles. The van der Waals surface area contributed by atoms with E-state index in [9.17, 15) is 0 Å². The predicted octanol–water partition coefficient (Wildman–Crippen LogP) is 2.89. The lowest BCUT2D eigenvalue weighted by molar-refractivity contribution is 0.137. The second-order valence-corrected chi connectivity index (χ2v) is 6.04. The molecule has 1 aliphatic heterocycles. The van der Waals surface area contributed by atoms with Crippen molar-refractivity contribution in [3.8, 4) is 0 Å². The molecule has 1 unspecified atom stereocenters. The summed E-state index contributed by atoms with van der Waals surface area (Å²) in [5, 5.41) is 3.40. The van der Waals surface area contributed by atoms with Gasteiger partial charge in [-0.15, -0.1) is 0 Å². The summed E-state index contributed by atoms with van der Waals surface area (Å²) in [4.78, 5) is 2.67. The van der Waals surface area contributed by atoms with Gasteiger partial charge in [0.05, 0.1) is 0 Å². The van der Waals surface area contributed by atoms with Crippen LogP contribution in [0.3, 0.4) is 0 Å². The Kier molecular flexibility index (Phi) is 5.77. The molecule has 1 aliphatic rings. The molecule has 2 heteroatoms. The summed E-state index contributed by atoms with van der Waals surface area (Å²) in [6.45, 7) is 10.9. The Hall–Kier alpha value is -0.0800. The molecule has 96 valence electrons. The molecule has 1 fully saturated rings. The first-order valence-corrected chi connectivity index (χ1v) is 6.96. The van der Waals surface area contributed by atoms with Crippen LogP contribution in [-0.4, -0.2) is 37.6 Å². The summed E-state index contributed by atoms with van der Waals surface area (Å²) in [5.74, 6) is 0. The number of rotatable bonds is 4. The SMILES string of the molecule is CNC(C)C(C)(C)CN1CCCCCCC1. The number of likely N-dealkylation sites (tertiary alicyclic amines) is 1. The molecule has 0 aromatic heterocycles. The molecule has 0 aliphatic carbocycles. The highest BCUT2D eigenvalue weighted by Crippen LogP contribution is 2.23. The van der Waals surface area contributed by atoms with Crippen LogP contribution in [0.1, 0.15) is 52.9 Å². The standard InChI is InChI=1S/C14H30N2/c1-13(15-4)14(2,3)12-16-10-8-6-5-7-9-11-16/h13,15H,5-12H2,1-4H3. The quantitative estimate of drug-likeness (QED) is 0.793. The molecule has 1 atom stereocenters. The van der Waals surface area contributed by atoms with E-state index >= 15 is 0 Å². The van der Waals surface area contributed by atoms with Gasteiger partial charge >= 0.3 is 0 Å². The van der Waals surface area contributed by atoms with Crippen LogP contribution in [-0.2, 0) is 0 Å². The lowest BCUT2D eigenvalue weighted by atomic mass is 9.84. The van der Waals surface area contributed by atoms with Gasteiger partial charge in [-0.1, -0.05) is 33.1 Å². The molecule has 0 radical (unpaired) electrons. The maximum absolute atomic E-state index is 3.40. The van der Waals surface area contributed by atoms with Crippen LogP contribution in [0.2, 0.25) is 0 Å². The minimum Gasteiger partial charge on any atom is -0.317 e. The summed E-state index contributed by atoms with van der Waals surface area (Å²) in [5.41, 5.74) is 0.369. The van der Waals surface area contributed by atoms with Gasteiger partial charge in [-0.3, -0.25) is 0 Å². The Morgan fingerprint density at radius 3 is 2.06 bits per heavy atom. The van der Waals surface area contributed by atoms with Crippen LogP contribution in [0.4, 0.5) is 0 Å². The van der Waals surface area contributed by atoms with Crippen molar-refractivity contribution in [2.24, 2.45) is 5.41 Å². The van der Waals surface area contributed by atoms with Gasteiger partial charge in [0.15, 0.2) is 0 Å². The van der Waals surface area contributed by atoms with Crippen LogP contribution in [0.15, 0.2) is 0 Å². The van der Waals surface area contributed by atoms with Gasteiger partial charge in [-0.2, -0.15) is 0 Å². The maximum atomic E-state index is 3.40. The van der Waals surface area contributed by atoms with Gasteiger partial charge in [0.1, 0.15) is 0 Å². The van der Waals surface area contributed by atoms with Crippen molar-refractivity contribution in [2.45, 2.75) is 58.9 Å². The highest BCUT2D eigenvalue weighted by molar-refractivity contribution is 4.83. The highest BCUT2D eigenvalue weighted by atomic mass is 15.1. The lowest BCUT2D eigenvalue weighted by Gasteiger charge is -2.37.